The zero-order valence-corrected chi connectivity index (χ0v) is 17.1. The lowest BCUT2D eigenvalue weighted by molar-refractivity contribution is -0.134. The van der Waals surface area contributed by atoms with Crippen molar-refractivity contribution < 1.29 is 28.2 Å². The predicted octanol–water partition coefficient (Wildman–Crippen LogP) is 5.15. The molecule has 0 aliphatic rings. The van der Waals surface area contributed by atoms with Crippen molar-refractivity contribution >= 4 is 27.9 Å². The summed E-state index contributed by atoms with van der Waals surface area (Å²) in [6.45, 7) is 0. The third-order valence-electron chi connectivity index (χ3n) is 4.96. The summed E-state index contributed by atoms with van der Waals surface area (Å²) in [4.78, 5) is 12.5. The van der Waals surface area contributed by atoms with Gasteiger partial charge >= 0.3 is 5.97 Å². The van der Waals surface area contributed by atoms with E-state index >= 15 is 0 Å². The number of benzene rings is 3. The third-order valence-corrected chi connectivity index (χ3v) is 4.96. The summed E-state index contributed by atoms with van der Waals surface area (Å²) < 4.78 is 27.5. The summed E-state index contributed by atoms with van der Waals surface area (Å²) in [5, 5.41) is 1.90. The molecule has 0 saturated carbocycles. The Morgan fingerprint density at radius 2 is 1.60 bits per heavy atom. The Hall–Kier alpha value is -3.67. The van der Waals surface area contributed by atoms with Crippen LogP contribution in [-0.2, 0) is 11.2 Å². The monoisotopic (exact) mass is 406 g/mol. The first kappa shape index (κ1) is 19.6. The van der Waals surface area contributed by atoms with E-state index in [-0.39, 0.29) is 12.4 Å². The molecule has 0 fully saturated rings. The minimum Gasteiger partial charge on any atom is -0.493 e. The smallest absolute Gasteiger partial charge is 0.311 e. The molecule has 154 valence electrons. The van der Waals surface area contributed by atoms with Crippen molar-refractivity contribution in [1.29, 1.82) is 0 Å². The van der Waals surface area contributed by atoms with Crippen LogP contribution in [0.15, 0.2) is 59.0 Å². The number of carbonyl (C=O) groups excluding carboxylic acids is 1. The predicted molar refractivity (Wildman–Crippen MR) is 114 cm³/mol. The highest BCUT2D eigenvalue weighted by Crippen LogP contribution is 2.40. The van der Waals surface area contributed by atoms with Gasteiger partial charge in [-0.2, -0.15) is 0 Å². The standard InChI is InChI=1S/C24H22O6/c1-26-21-11-8-15(23(27-2)24(21)28-3)9-13-22(25)29-16-10-12-20-18(14-16)17-6-4-5-7-19(17)30-20/h4-8,10-12,14H,9,13H2,1-3H3. The third kappa shape index (κ3) is 3.64. The Morgan fingerprint density at radius 3 is 2.37 bits per heavy atom. The van der Waals surface area contributed by atoms with E-state index in [1.165, 1.54) is 0 Å². The molecule has 1 aromatic heterocycles. The number of para-hydroxylation sites is 1. The molecule has 4 aromatic rings. The van der Waals surface area contributed by atoms with Gasteiger partial charge in [0.25, 0.3) is 0 Å². The highest BCUT2D eigenvalue weighted by Gasteiger charge is 2.17. The number of carbonyl (C=O) groups is 1. The second kappa shape index (κ2) is 8.37. The number of methoxy groups -OCH3 is 3. The Kier molecular flexibility index (Phi) is 5.48. The average Bonchev–Trinajstić information content (AvgIpc) is 3.14. The molecule has 6 nitrogen and oxygen atoms in total. The van der Waals surface area contributed by atoms with Gasteiger partial charge in [0.15, 0.2) is 11.5 Å². The lowest BCUT2D eigenvalue weighted by atomic mass is 10.1. The summed E-state index contributed by atoms with van der Waals surface area (Å²) in [7, 11) is 4.67. The zero-order valence-electron chi connectivity index (χ0n) is 17.1. The number of furan rings is 1. The largest absolute Gasteiger partial charge is 0.493 e. The van der Waals surface area contributed by atoms with Crippen LogP contribution in [0.4, 0.5) is 0 Å². The van der Waals surface area contributed by atoms with E-state index in [9.17, 15) is 4.79 Å². The maximum atomic E-state index is 12.5. The summed E-state index contributed by atoms with van der Waals surface area (Å²) in [6, 6.07) is 16.8. The molecular weight excluding hydrogens is 384 g/mol. The minimum atomic E-state index is -0.334. The molecule has 0 bridgehead atoms. The number of aryl methyl sites for hydroxylation is 1. The van der Waals surface area contributed by atoms with Crippen molar-refractivity contribution in [1.82, 2.24) is 0 Å². The normalized spacial score (nSPS) is 10.9. The molecule has 30 heavy (non-hydrogen) atoms. The van der Waals surface area contributed by atoms with E-state index < -0.39 is 0 Å². The van der Waals surface area contributed by atoms with Crippen molar-refractivity contribution in [3.8, 4) is 23.0 Å². The van der Waals surface area contributed by atoms with E-state index in [1.54, 1.807) is 33.5 Å². The number of esters is 1. The van der Waals surface area contributed by atoms with Gasteiger partial charge in [-0.1, -0.05) is 24.3 Å². The van der Waals surface area contributed by atoms with Gasteiger partial charge in [-0.15, -0.1) is 0 Å². The summed E-state index contributed by atoms with van der Waals surface area (Å²) in [5.41, 5.74) is 2.39. The fourth-order valence-corrected chi connectivity index (χ4v) is 3.55. The van der Waals surface area contributed by atoms with Gasteiger partial charge in [0.1, 0.15) is 16.9 Å². The number of fused-ring (bicyclic) bond motifs is 3. The van der Waals surface area contributed by atoms with Crippen molar-refractivity contribution in [3.05, 3.63) is 60.2 Å². The molecule has 0 radical (unpaired) electrons. The first-order valence-corrected chi connectivity index (χ1v) is 9.54. The van der Waals surface area contributed by atoms with E-state index in [0.29, 0.717) is 29.4 Å². The molecule has 0 unspecified atom stereocenters. The highest BCUT2D eigenvalue weighted by molar-refractivity contribution is 6.05. The zero-order chi connectivity index (χ0) is 21.1. The van der Waals surface area contributed by atoms with Crippen LogP contribution in [0.3, 0.4) is 0 Å². The molecule has 0 aliphatic carbocycles. The molecule has 6 heteroatoms. The summed E-state index contributed by atoms with van der Waals surface area (Å²) in [6.07, 6.45) is 0.634. The number of hydrogen-bond acceptors (Lipinski definition) is 6. The minimum absolute atomic E-state index is 0.190. The second-order valence-corrected chi connectivity index (χ2v) is 6.72. The van der Waals surface area contributed by atoms with Gasteiger partial charge in [-0.25, -0.2) is 0 Å². The van der Waals surface area contributed by atoms with Crippen LogP contribution in [0, 0.1) is 0 Å². The molecular formula is C24H22O6. The molecule has 4 rings (SSSR count). The van der Waals surface area contributed by atoms with Crippen LogP contribution in [0.1, 0.15) is 12.0 Å². The number of rotatable bonds is 7. The van der Waals surface area contributed by atoms with E-state index in [1.807, 2.05) is 42.5 Å². The van der Waals surface area contributed by atoms with E-state index in [2.05, 4.69) is 0 Å². The van der Waals surface area contributed by atoms with E-state index in [0.717, 1.165) is 27.5 Å². The van der Waals surface area contributed by atoms with Gasteiger partial charge in [-0.05, 0) is 42.3 Å². The Morgan fingerprint density at radius 1 is 0.833 bits per heavy atom. The fraction of sp³-hybridized carbons (Fsp3) is 0.208. The molecule has 0 atom stereocenters. The van der Waals surface area contributed by atoms with Crippen molar-refractivity contribution in [3.63, 3.8) is 0 Å². The lowest BCUT2D eigenvalue weighted by Gasteiger charge is -2.15. The van der Waals surface area contributed by atoms with Crippen LogP contribution in [0.2, 0.25) is 0 Å². The maximum Gasteiger partial charge on any atom is 0.311 e. The SMILES string of the molecule is COc1ccc(CCC(=O)Oc2ccc3oc4ccccc4c3c2)c(OC)c1OC. The molecule has 0 amide bonds. The van der Waals surface area contributed by atoms with Crippen LogP contribution in [-0.4, -0.2) is 27.3 Å². The molecule has 0 spiro atoms. The molecule has 1 heterocycles. The van der Waals surface area contributed by atoms with Crippen molar-refractivity contribution in [2.24, 2.45) is 0 Å². The fourth-order valence-electron chi connectivity index (χ4n) is 3.55. The van der Waals surface area contributed by atoms with Gasteiger partial charge < -0.3 is 23.4 Å². The Bertz CT molecular complexity index is 1210. The number of hydrogen-bond donors (Lipinski definition) is 0. The molecule has 0 N–H and O–H groups in total. The van der Waals surface area contributed by atoms with Gasteiger partial charge in [0.2, 0.25) is 5.75 Å². The van der Waals surface area contributed by atoms with Crippen LogP contribution in [0.25, 0.3) is 21.9 Å². The lowest BCUT2D eigenvalue weighted by Crippen LogP contribution is -2.09. The quantitative estimate of drug-likeness (QED) is 0.312. The van der Waals surface area contributed by atoms with Gasteiger partial charge in [-0.3, -0.25) is 4.79 Å². The maximum absolute atomic E-state index is 12.5. The topological polar surface area (TPSA) is 67.1 Å². The first-order chi connectivity index (χ1) is 14.6. The van der Waals surface area contributed by atoms with Crippen LogP contribution >= 0.6 is 0 Å². The summed E-state index contributed by atoms with van der Waals surface area (Å²) in [5.74, 6) is 1.78. The molecule has 0 saturated heterocycles. The Balaban J connectivity index is 1.50. The average molecular weight is 406 g/mol. The highest BCUT2D eigenvalue weighted by atomic mass is 16.5. The number of ether oxygens (including phenoxy) is 4. The molecule has 0 aliphatic heterocycles. The summed E-state index contributed by atoms with van der Waals surface area (Å²) >= 11 is 0. The van der Waals surface area contributed by atoms with Crippen molar-refractivity contribution in [2.75, 3.05) is 21.3 Å². The first-order valence-electron chi connectivity index (χ1n) is 9.54. The van der Waals surface area contributed by atoms with E-state index in [4.69, 9.17) is 23.4 Å². The molecule has 3 aromatic carbocycles. The van der Waals surface area contributed by atoms with Crippen LogP contribution < -0.4 is 18.9 Å². The van der Waals surface area contributed by atoms with Gasteiger partial charge in [0.05, 0.1) is 27.8 Å². The van der Waals surface area contributed by atoms with Gasteiger partial charge in [0, 0.05) is 10.8 Å². The van der Waals surface area contributed by atoms with Crippen LogP contribution in [0.5, 0.6) is 23.0 Å². The Labute approximate surface area is 173 Å². The van der Waals surface area contributed by atoms with Crippen molar-refractivity contribution in [2.45, 2.75) is 12.8 Å². The second-order valence-electron chi connectivity index (χ2n) is 6.72.